The van der Waals surface area contributed by atoms with Gasteiger partial charge in [-0.2, -0.15) is 0 Å². The Labute approximate surface area is 152 Å². The van der Waals surface area contributed by atoms with Gasteiger partial charge in [-0.15, -0.1) is 0 Å². The number of allylic oxidation sites excluding steroid dienone is 8. The third kappa shape index (κ3) is 4.68. The van der Waals surface area contributed by atoms with Gasteiger partial charge in [0.05, 0.1) is 6.61 Å². The summed E-state index contributed by atoms with van der Waals surface area (Å²) in [6, 6.07) is 0. The topological polar surface area (TPSA) is 40.5 Å². The van der Waals surface area contributed by atoms with Crippen LogP contribution in [0.3, 0.4) is 0 Å². The van der Waals surface area contributed by atoms with Gasteiger partial charge in [-0.05, 0) is 12.8 Å². The zero-order valence-corrected chi connectivity index (χ0v) is 15.2. The quantitative estimate of drug-likeness (QED) is 0.486. The molecular formula is C15H20Cl2O2Zr. The molecule has 0 saturated carbocycles. The van der Waals surface area contributed by atoms with Crippen molar-refractivity contribution in [2.75, 3.05) is 13.2 Å². The molecule has 0 saturated heterocycles. The van der Waals surface area contributed by atoms with Gasteiger partial charge in [-0.3, -0.25) is 0 Å². The summed E-state index contributed by atoms with van der Waals surface area (Å²) in [5.41, 5.74) is -0.199. The van der Waals surface area contributed by atoms with E-state index in [1.54, 1.807) is 0 Å². The smallest absolute Gasteiger partial charge is 1.00 e. The number of hydrogen-bond acceptors (Lipinski definition) is 2. The van der Waals surface area contributed by atoms with Crippen LogP contribution in [0.5, 0.6) is 0 Å². The van der Waals surface area contributed by atoms with E-state index in [0.717, 1.165) is 12.8 Å². The number of aliphatic hydroxyl groups excluding tert-OH is 2. The van der Waals surface area contributed by atoms with Crippen molar-refractivity contribution in [1.29, 1.82) is 0 Å². The van der Waals surface area contributed by atoms with Crippen molar-refractivity contribution in [3.8, 4) is 0 Å². The molecule has 0 atom stereocenters. The molecule has 0 aliphatic heterocycles. The van der Waals surface area contributed by atoms with Gasteiger partial charge in [-0.1, -0.05) is 48.6 Å². The van der Waals surface area contributed by atoms with E-state index in [-0.39, 0.29) is 81.5 Å². The fraction of sp³-hybridized carbons (Fsp3) is 0.467. The van der Waals surface area contributed by atoms with E-state index >= 15 is 0 Å². The summed E-state index contributed by atoms with van der Waals surface area (Å²) in [5.74, 6) is 0.521. The van der Waals surface area contributed by atoms with Crippen LogP contribution in [0.2, 0.25) is 0 Å². The minimum Gasteiger partial charge on any atom is -1.00 e. The maximum atomic E-state index is 9.91. The van der Waals surface area contributed by atoms with Gasteiger partial charge in [0.15, 0.2) is 0 Å². The van der Waals surface area contributed by atoms with Crippen molar-refractivity contribution in [3.05, 3.63) is 48.6 Å². The molecule has 20 heavy (non-hydrogen) atoms. The third-order valence-electron chi connectivity index (χ3n) is 3.92. The van der Waals surface area contributed by atoms with Gasteiger partial charge in [0.2, 0.25) is 0 Å². The molecule has 0 bridgehead atoms. The molecule has 2 nitrogen and oxygen atoms in total. The number of rotatable bonds is 6. The van der Waals surface area contributed by atoms with Gasteiger partial charge in [0, 0.05) is 23.9 Å². The molecule has 0 amide bonds. The summed E-state index contributed by atoms with van der Waals surface area (Å²) >= 11 is 0. The molecule has 0 spiro atoms. The SMILES string of the molecule is OCCCC(CO)(C1C=CC=C1)C1C=CC=C1.[Cl-].[Cl-].[Zr+2]. The predicted octanol–water partition coefficient (Wildman–Crippen LogP) is -3.77. The van der Waals surface area contributed by atoms with Crippen LogP contribution in [0.25, 0.3) is 0 Å². The first kappa shape index (κ1) is 22.6. The Morgan fingerprint density at radius 3 is 1.50 bits per heavy atom. The van der Waals surface area contributed by atoms with E-state index in [9.17, 15) is 5.11 Å². The zero-order chi connectivity index (χ0) is 12.1. The molecule has 0 aromatic rings. The van der Waals surface area contributed by atoms with Crippen molar-refractivity contribution in [3.63, 3.8) is 0 Å². The Hall–Kier alpha value is 0.343. The van der Waals surface area contributed by atoms with E-state index in [1.165, 1.54) is 0 Å². The van der Waals surface area contributed by atoms with Gasteiger partial charge in [0.1, 0.15) is 0 Å². The van der Waals surface area contributed by atoms with E-state index < -0.39 is 0 Å². The molecule has 0 aromatic heterocycles. The van der Waals surface area contributed by atoms with E-state index in [2.05, 4.69) is 24.3 Å². The standard InChI is InChI=1S/C15H20O2.2ClH.Zr/c16-11-5-10-15(12-17,13-6-1-2-7-13)14-8-3-4-9-14;;;/h1-4,6-9,13-14,16-17H,5,10-12H2;2*1H;/q;;;+2/p-2. The first-order valence-electron chi connectivity index (χ1n) is 6.25. The van der Waals surface area contributed by atoms with Crippen molar-refractivity contribution < 1.29 is 61.2 Å². The molecule has 5 heteroatoms. The van der Waals surface area contributed by atoms with Crippen molar-refractivity contribution in [1.82, 2.24) is 0 Å². The molecule has 2 aliphatic rings. The van der Waals surface area contributed by atoms with Gasteiger partial charge in [-0.25, -0.2) is 0 Å². The third-order valence-corrected chi connectivity index (χ3v) is 3.92. The number of hydrogen-bond donors (Lipinski definition) is 2. The van der Waals surface area contributed by atoms with Gasteiger partial charge in [0.25, 0.3) is 0 Å². The van der Waals surface area contributed by atoms with Crippen LogP contribution in [0.15, 0.2) is 48.6 Å². The van der Waals surface area contributed by atoms with E-state index in [4.69, 9.17) is 5.11 Å². The largest absolute Gasteiger partial charge is 2.00 e. The Balaban J connectivity index is 0. The molecule has 0 heterocycles. The summed E-state index contributed by atoms with van der Waals surface area (Å²) in [4.78, 5) is 0. The normalized spacial score (nSPS) is 16.9. The summed E-state index contributed by atoms with van der Waals surface area (Å²) in [5, 5.41) is 19.0. The Bertz CT molecular complexity index is 326. The maximum Gasteiger partial charge on any atom is 2.00 e. The van der Waals surface area contributed by atoms with Crippen LogP contribution in [0.4, 0.5) is 0 Å². The van der Waals surface area contributed by atoms with Crippen molar-refractivity contribution in [2.45, 2.75) is 12.8 Å². The Kier molecular flexibility index (Phi) is 12.4. The molecular weight excluding hydrogens is 374 g/mol. The number of aliphatic hydroxyl groups is 2. The molecule has 2 rings (SSSR count). The van der Waals surface area contributed by atoms with Crippen molar-refractivity contribution >= 4 is 0 Å². The Morgan fingerprint density at radius 1 is 0.800 bits per heavy atom. The molecule has 0 unspecified atom stereocenters. The second-order valence-corrected chi connectivity index (χ2v) is 4.81. The fourth-order valence-corrected chi connectivity index (χ4v) is 2.88. The summed E-state index contributed by atoms with van der Waals surface area (Å²) in [6.07, 6.45) is 18.3. The minimum atomic E-state index is -0.199. The molecule has 0 aromatic carbocycles. The van der Waals surface area contributed by atoms with Gasteiger partial charge < -0.3 is 35.0 Å². The van der Waals surface area contributed by atoms with Crippen LogP contribution < -0.4 is 24.8 Å². The first-order chi connectivity index (χ1) is 8.33. The van der Waals surface area contributed by atoms with Crippen molar-refractivity contribution in [2.24, 2.45) is 17.3 Å². The summed E-state index contributed by atoms with van der Waals surface area (Å²) < 4.78 is 0. The second-order valence-electron chi connectivity index (χ2n) is 4.81. The summed E-state index contributed by atoms with van der Waals surface area (Å²) in [7, 11) is 0. The molecule has 2 aliphatic carbocycles. The van der Waals surface area contributed by atoms with E-state index in [1.807, 2.05) is 24.3 Å². The summed E-state index contributed by atoms with van der Waals surface area (Å²) in [6.45, 7) is 0.327. The zero-order valence-electron chi connectivity index (χ0n) is 11.3. The van der Waals surface area contributed by atoms with Crippen LogP contribution in [0.1, 0.15) is 12.8 Å². The molecule has 0 radical (unpaired) electrons. The fourth-order valence-electron chi connectivity index (χ4n) is 2.88. The monoisotopic (exact) mass is 392 g/mol. The second kappa shape index (κ2) is 11.0. The van der Waals surface area contributed by atoms with Crippen LogP contribution in [-0.2, 0) is 26.2 Å². The van der Waals surface area contributed by atoms with E-state index in [0.29, 0.717) is 0 Å². The average molecular weight is 394 g/mol. The molecule has 110 valence electrons. The predicted molar refractivity (Wildman–Crippen MR) is 69.4 cm³/mol. The first-order valence-corrected chi connectivity index (χ1v) is 6.25. The minimum absolute atomic E-state index is 0. The Morgan fingerprint density at radius 2 is 1.20 bits per heavy atom. The average Bonchev–Trinajstić information content (AvgIpc) is 3.04. The molecule has 2 N–H and O–H groups in total. The molecule has 0 fully saturated rings. The van der Waals surface area contributed by atoms with Gasteiger partial charge >= 0.3 is 26.2 Å². The number of halogens is 2. The van der Waals surface area contributed by atoms with Crippen LogP contribution in [-0.4, -0.2) is 23.4 Å². The maximum absolute atomic E-state index is 9.91. The van der Waals surface area contributed by atoms with Crippen LogP contribution in [0, 0.1) is 17.3 Å². The van der Waals surface area contributed by atoms with Crippen LogP contribution >= 0.6 is 0 Å².